The Morgan fingerprint density at radius 3 is 2.73 bits per heavy atom. The van der Waals surface area contributed by atoms with E-state index < -0.39 is 5.97 Å². The van der Waals surface area contributed by atoms with Crippen LogP contribution in [-0.2, 0) is 11.2 Å². The molecule has 3 N–H and O–H groups in total. The van der Waals surface area contributed by atoms with E-state index in [1.54, 1.807) is 6.07 Å². The van der Waals surface area contributed by atoms with Gasteiger partial charge in [-0.3, -0.25) is 9.69 Å². The maximum atomic E-state index is 13.3. The molecule has 1 aromatic rings. The molecule has 0 aromatic heterocycles. The number of benzene rings is 1. The lowest BCUT2D eigenvalue weighted by molar-refractivity contribution is -0.139. The molecule has 1 saturated carbocycles. The minimum atomic E-state index is -0.838. The van der Waals surface area contributed by atoms with E-state index in [4.69, 9.17) is 9.84 Å². The van der Waals surface area contributed by atoms with Gasteiger partial charge in [0.25, 0.3) is 0 Å². The van der Waals surface area contributed by atoms with Crippen molar-refractivity contribution in [3.8, 4) is 5.75 Å². The summed E-state index contributed by atoms with van der Waals surface area (Å²) in [5, 5.41) is 14.7. The van der Waals surface area contributed by atoms with Gasteiger partial charge >= 0.3 is 12.0 Å². The van der Waals surface area contributed by atoms with Crippen LogP contribution in [0.1, 0.15) is 25.3 Å². The predicted molar refractivity (Wildman–Crippen MR) is 92.7 cm³/mol. The summed E-state index contributed by atoms with van der Waals surface area (Å²) in [7, 11) is 0. The predicted octanol–water partition coefficient (Wildman–Crippen LogP) is 1.37. The molecule has 0 saturated heterocycles. The summed E-state index contributed by atoms with van der Waals surface area (Å²) in [5.41, 5.74) is 0.748. The van der Waals surface area contributed by atoms with Gasteiger partial charge < -0.3 is 20.5 Å². The molecule has 8 heteroatoms. The molecule has 2 amide bonds. The van der Waals surface area contributed by atoms with Crippen LogP contribution in [-0.4, -0.2) is 59.8 Å². The third kappa shape index (κ3) is 4.43. The van der Waals surface area contributed by atoms with E-state index in [-0.39, 0.29) is 36.5 Å². The smallest absolute Gasteiger partial charge is 0.317 e. The van der Waals surface area contributed by atoms with Gasteiger partial charge in [0, 0.05) is 12.1 Å². The van der Waals surface area contributed by atoms with E-state index in [0.29, 0.717) is 25.3 Å². The van der Waals surface area contributed by atoms with Gasteiger partial charge in [0.15, 0.2) is 0 Å². The number of urea groups is 1. The van der Waals surface area contributed by atoms with Gasteiger partial charge in [0.2, 0.25) is 0 Å². The molecule has 1 aliphatic carbocycles. The standard InChI is InChI=1S/C18H24FN3O4/c1-2-22(9-17(23)24)15-7-13(8-15)20-18(25)21-14-6-11-5-12(19)3-4-16(11)26-10-14/h3-5,13-15H,2,6-10H2,1H3,(H,23,24)(H2,20,21,25). The Balaban J connectivity index is 1.42. The van der Waals surface area contributed by atoms with Crippen LogP contribution in [0.3, 0.4) is 0 Å². The van der Waals surface area contributed by atoms with Crippen LogP contribution >= 0.6 is 0 Å². The lowest BCUT2D eigenvalue weighted by atomic mass is 9.85. The number of hydrogen-bond acceptors (Lipinski definition) is 4. The highest BCUT2D eigenvalue weighted by atomic mass is 19.1. The zero-order valence-corrected chi connectivity index (χ0v) is 14.7. The zero-order valence-electron chi connectivity index (χ0n) is 14.7. The van der Waals surface area contributed by atoms with Crippen LogP contribution in [0.2, 0.25) is 0 Å². The van der Waals surface area contributed by atoms with Gasteiger partial charge in [-0.15, -0.1) is 0 Å². The Labute approximate surface area is 151 Å². The summed E-state index contributed by atoms with van der Waals surface area (Å²) in [6.07, 6.45) is 2.00. The highest BCUT2D eigenvalue weighted by Crippen LogP contribution is 2.26. The van der Waals surface area contributed by atoms with E-state index >= 15 is 0 Å². The van der Waals surface area contributed by atoms with E-state index in [0.717, 1.165) is 18.4 Å². The third-order valence-corrected chi connectivity index (χ3v) is 4.97. The number of aliphatic carboxylic acids is 1. The number of carbonyl (C=O) groups is 2. The van der Waals surface area contributed by atoms with Gasteiger partial charge in [-0.1, -0.05) is 6.92 Å². The van der Waals surface area contributed by atoms with Crippen molar-refractivity contribution in [3.63, 3.8) is 0 Å². The minimum Gasteiger partial charge on any atom is -0.491 e. The molecule has 0 spiro atoms. The molecule has 0 bridgehead atoms. The summed E-state index contributed by atoms with van der Waals surface area (Å²) in [5.74, 6) is -0.500. The number of carboxylic acid groups (broad SMARTS) is 1. The molecular formula is C18H24FN3O4. The molecule has 3 rings (SSSR count). The molecule has 0 radical (unpaired) electrons. The number of nitrogens with zero attached hydrogens (tertiary/aromatic N) is 1. The number of rotatable bonds is 6. The number of amides is 2. The number of fused-ring (bicyclic) bond motifs is 1. The second-order valence-corrected chi connectivity index (χ2v) is 6.86. The Kier molecular flexibility index (Phi) is 5.61. The fraction of sp³-hybridized carbons (Fsp3) is 0.556. The average molecular weight is 365 g/mol. The van der Waals surface area contributed by atoms with Crippen molar-refractivity contribution in [1.82, 2.24) is 15.5 Å². The number of hydrogen-bond donors (Lipinski definition) is 3. The maximum absolute atomic E-state index is 13.3. The quantitative estimate of drug-likeness (QED) is 0.708. The fourth-order valence-corrected chi connectivity index (χ4v) is 3.54. The molecule has 26 heavy (non-hydrogen) atoms. The van der Waals surface area contributed by atoms with Gasteiger partial charge in [-0.05, 0) is 49.6 Å². The van der Waals surface area contributed by atoms with E-state index in [2.05, 4.69) is 10.6 Å². The van der Waals surface area contributed by atoms with Crippen LogP contribution in [0.25, 0.3) is 0 Å². The second kappa shape index (κ2) is 7.90. The summed E-state index contributed by atoms with van der Waals surface area (Å²) < 4.78 is 18.9. The van der Waals surface area contributed by atoms with Crippen LogP contribution in [0, 0.1) is 5.82 Å². The number of likely N-dealkylation sites (N-methyl/N-ethyl adjacent to an activating group) is 1. The Bertz CT molecular complexity index is 678. The summed E-state index contributed by atoms with van der Waals surface area (Å²) in [4.78, 5) is 24.9. The summed E-state index contributed by atoms with van der Waals surface area (Å²) in [6, 6.07) is 4.13. The van der Waals surface area contributed by atoms with Gasteiger partial charge in [-0.25, -0.2) is 9.18 Å². The SMILES string of the molecule is CCN(CC(=O)O)C1CC(NC(=O)NC2COc3ccc(F)cc3C2)C1. The third-order valence-electron chi connectivity index (χ3n) is 4.97. The molecule has 1 fully saturated rings. The molecule has 1 heterocycles. The van der Waals surface area contributed by atoms with Crippen molar-refractivity contribution in [1.29, 1.82) is 0 Å². The number of carboxylic acids is 1. The first-order valence-electron chi connectivity index (χ1n) is 8.88. The molecule has 1 unspecified atom stereocenters. The monoisotopic (exact) mass is 365 g/mol. The van der Waals surface area contributed by atoms with Crippen LogP contribution in [0.5, 0.6) is 5.75 Å². The highest BCUT2D eigenvalue weighted by Gasteiger charge is 2.35. The molecular weight excluding hydrogens is 341 g/mol. The van der Waals surface area contributed by atoms with Crippen molar-refractivity contribution >= 4 is 12.0 Å². The number of carbonyl (C=O) groups excluding carboxylic acids is 1. The van der Waals surface area contributed by atoms with Crippen molar-refractivity contribution in [2.24, 2.45) is 0 Å². The first-order valence-corrected chi connectivity index (χ1v) is 8.88. The zero-order chi connectivity index (χ0) is 18.7. The highest BCUT2D eigenvalue weighted by molar-refractivity contribution is 5.75. The Morgan fingerprint density at radius 1 is 1.31 bits per heavy atom. The number of halogens is 1. The molecule has 2 aliphatic rings. The Hall–Kier alpha value is -2.35. The molecule has 7 nitrogen and oxygen atoms in total. The van der Waals surface area contributed by atoms with Gasteiger partial charge in [0.05, 0.1) is 12.6 Å². The summed E-state index contributed by atoms with van der Waals surface area (Å²) >= 11 is 0. The first-order chi connectivity index (χ1) is 12.4. The van der Waals surface area contributed by atoms with E-state index in [1.165, 1.54) is 12.1 Å². The topological polar surface area (TPSA) is 90.9 Å². The van der Waals surface area contributed by atoms with Gasteiger partial charge in [0.1, 0.15) is 18.2 Å². The first kappa shape index (κ1) is 18.4. The number of ether oxygens (including phenoxy) is 1. The van der Waals surface area contributed by atoms with Gasteiger partial charge in [-0.2, -0.15) is 0 Å². The average Bonchev–Trinajstić information content (AvgIpc) is 2.55. The van der Waals surface area contributed by atoms with Crippen LogP contribution in [0.4, 0.5) is 9.18 Å². The van der Waals surface area contributed by atoms with Crippen molar-refractivity contribution in [3.05, 3.63) is 29.6 Å². The van der Waals surface area contributed by atoms with Crippen molar-refractivity contribution in [2.45, 2.75) is 44.3 Å². The van der Waals surface area contributed by atoms with Crippen LogP contribution < -0.4 is 15.4 Å². The summed E-state index contributed by atoms with van der Waals surface area (Å²) in [6.45, 7) is 2.97. The normalized spacial score (nSPS) is 24.2. The lowest BCUT2D eigenvalue weighted by Crippen LogP contribution is -2.57. The van der Waals surface area contributed by atoms with Crippen LogP contribution in [0.15, 0.2) is 18.2 Å². The largest absolute Gasteiger partial charge is 0.491 e. The van der Waals surface area contributed by atoms with Crippen molar-refractivity contribution in [2.75, 3.05) is 19.7 Å². The molecule has 1 aliphatic heterocycles. The molecule has 1 aromatic carbocycles. The van der Waals surface area contributed by atoms with Crippen molar-refractivity contribution < 1.29 is 23.8 Å². The molecule has 1 atom stereocenters. The van der Waals surface area contributed by atoms with E-state index in [1.807, 2.05) is 11.8 Å². The number of nitrogens with one attached hydrogen (secondary N) is 2. The molecule has 142 valence electrons. The fourth-order valence-electron chi connectivity index (χ4n) is 3.54. The second-order valence-electron chi connectivity index (χ2n) is 6.86. The Morgan fingerprint density at radius 2 is 2.04 bits per heavy atom. The van der Waals surface area contributed by atoms with E-state index in [9.17, 15) is 14.0 Å². The maximum Gasteiger partial charge on any atom is 0.317 e. The minimum absolute atomic E-state index is 0.0233. The lowest BCUT2D eigenvalue weighted by Gasteiger charge is -2.42.